The molecule has 0 aromatic heterocycles. The Bertz CT molecular complexity index is 543. The molecule has 0 amide bonds. The van der Waals surface area contributed by atoms with Crippen LogP contribution in [0.15, 0.2) is 12.7 Å². The van der Waals surface area contributed by atoms with Crippen molar-refractivity contribution in [3.63, 3.8) is 0 Å². The largest absolute Gasteiger partial charge is 0.461 e. The highest BCUT2D eigenvalue weighted by atomic mass is 16.6. The minimum atomic E-state index is -0.905. The molecule has 4 rings (SSSR count). The fraction of sp³-hybridized carbons (Fsp3) is 0.789. The summed E-state index contributed by atoms with van der Waals surface area (Å²) in [6, 6.07) is 0. The van der Waals surface area contributed by atoms with Crippen LogP contribution in [0.25, 0.3) is 0 Å². The molecule has 0 aliphatic heterocycles. The van der Waals surface area contributed by atoms with E-state index in [1.807, 2.05) is 0 Å². The average molecular weight is 352 g/mol. The van der Waals surface area contributed by atoms with Crippen molar-refractivity contribution in [1.29, 1.82) is 0 Å². The van der Waals surface area contributed by atoms with Gasteiger partial charge in [-0.2, -0.15) is 0 Å². The number of esters is 2. The molecule has 140 valence electrons. The van der Waals surface area contributed by atoms with Gasteiger partial charge in [-0.25, -0.2) is 4.79 Å². The summed E-state index contributed by atoms with van der Waals surface area (Å²) in [5, 5.41) is 20.3. The lowest BCUT2D eigenvalue weighted by Crippen LogP contribution is -2.65. The first-order chi connectivity index (χ1) is 11.5. The van der Waals surface area contributed by atoms with Gasteiger partial charge < -0.3 is 19.7 Å². The van der Waals surface area contributed by atoms with Crippen LogP contribution in [-0.2, 0) is 19.1 Å². The molecule has 4 aliphatic rings. The Morgan fingerprint density at radius 3 is 2.20 bits per heavy atom. The zero-order valence-electron chi connectivity index (χ0n) is 15.0. The summed E-state index contributed by atoms with van der Waals surface area (Å²) in [5.41, 5.74) is -1.59. The summed E-state index contributed by atoms with van der Waals surface area (Å²) in [7, 11) is 0. The highest BCUT2D eigenvalue weighted by Gasteiger charge is 2.68. The molecule has 0 spiro atoms. The van der Waals surface area contributed by atoms with Crippen LogP contribution in [0.3, 0.4) is 0 Å². The average Bonchev–Trinajstić information content (AvgIpc) is 2.45. The number of ether oxygens (including phenoxy) is 2. The van der Waals surface area contributed by atoms with Crippen molar-refractivity contribution in [3.05, 3.63) is 12.7 Å². The van der Waals surface area contributed by atoms with Gasteiger partial charge in [0.2, 0.25) is 0 Å². The van der Waals surface area contributed by atoms with Gasteiger partial charge in [0.1, 0.15) is 6.61 Å². The molecule has 0 saturated heterocycles. The van der Waals surface area contributed by atoms with E-state index in [4.69, 9.17) is 9.47 Å². The minimum Gasteiger partial charge on any atom is -0.461 e. The molecule has 0 heterocycles. The molecule has 0 aromatic rings. The molecule has 3 atom stereocenters. The second kappa shape index (κ2) is 5.81. The fourth-order valence-corrected chi connectivity index (χ4v) is 6.51. The van der Waals surface area contributed by atoms with Crippen LogP contribution >= 0.6 is 0 Å². The van der Waals surface area contributed by atoms with Gasteiger partial charge >= 0.3 is 11.9 Å². The lowest BCUT2D eigenvalue weighted by atomic mass is 9.39. The van der Waals surface area contributed by atoms with Crippen molar-refractivity contribution >= 4 is 11.9 Å². The number of aliphatic hydroxyl groups is 2. The molecule has 4 fully saturated rings. The Kier molecular flexibility index (Phi) is 4.27. The molecule has 2 N–H and O–H groups in total. The summed E-state index contributed by atoms with van der Waals surface area (Å²) in [6.07, 6.45) is 4.45. The maximum atomic E-state index is 12.9. The molecule has 25 heavy (non-hydrogen) atoms. The zero-order chi connectivity index (χ0) is 18.5. The Labute approximate surface area is 148 Å². The van der Waals surface area contributed by atoms with Crippen molar-refractivity contribution in [2.45, 2.75) is 64.1 Å². The quantitative estimate of drug-likeness (QED) is 0.559. The van der Waals surface area contributed by atoms with Crippen LogP contribution in [0, 0.1) is 16.2 Å². The van der Waals surface area contributed by atoms with Gasteiger partial charge in [0.05, 0.1) is 17.6 Å². The topological polar surface area (TPSA) is 93.1 Å². The summed E-state index contributed by atoms with van der Waals surface area (Å²) in [4.78, 5) is 24.2. The molecule has 0 aromatic carbocycles. The normalized spacial score (nSPS) is 42.7. The van der Waals surface area contributed by atoms with E-state index in [1.165, 1.54) is 0 Å². The second-order valence-corrected chi connectivity index (χ2v) is 9.23. The first-order valence-electron chi connectivity index (χ1n) is 8.89. The minimum absolute atomic E-state index is 0.0526. The summed E-state index contributed by atoms with van der Waals surface area (Å²) < 4.78 is 10.4. The summed E-state index contributed by atoms with van der Waals surface area (Å²) in [5.74, 6) is -1.02. The SMILES string of the molecule is C=CC(=O)OC(CO)COC(=O)C12CC3(C)CC(C)(CC(O)(C3)C1)C2. The molecular weight excluding hydrogens is 324 g/mol. The third kappa shape index (κ3) is 3.34. The van der Waals surface area contributed by atoms with E-state index >= 15 is 0 Å². The molecule has 4 saturated carbocycles. The lowest BCUT2D eigenvalue weighted by Gasteiger charge is -2.66. The van der Waals surface area contributed by atoms with E-state index < -0.39 is 29.7 Å². The Balaban J connectivity index is 1.71. The number of carbonyl (C=O) groups is 2. The Morgan fingerprint density at radius 1 is 1.12 bits per heavy atom. The van der Waals surface area contributed by atoms with Crippen molar-refractivity contribution in [1.82, 2.24) is 0 Å². The van der Waals surface area contributed by atoms with E-state index in [9.17, 15) is 19.8 Å². The third-order valence-corrected chi connectivity index (χ3v) is 6.05. The first-order valence-corrected chi connectivity index (χ1v) is 8.89. The molecular formula is C19H28O6. The zero-order valence-corrected chi connectivity index (χ0v) is 15.0. The van der Waals surface area contributed by atoms with Crippen LogP contribution in [0.4, 0.5) is 0 Å². The van der Waals surface area contributed by atoms with Crippen molar-refractivity contribution < 1.29 is 29.3 Å². The van der Waals surface area contributed by atoms with Gasteiger partial charge in [0.15, 0.2) is 6.10 Å². The van der Waals surface area contributed by atoms with Gasteiger partial charge in [0.25, 0.3) is 0 Å². The molecule has 0 radical (unpaired) electrons. The monoisotopic (exact) mass is 352 g/mol. The van der Waals surface area contributed by atoms with Crippen molar-refractivity contribution in [2.24, 2.45) is 16.2 Å². The van der Waals surface area contributed by atoms with Crippen molar-refractivity contribution in [2.75, 3.05) is 13.2 Å². The highest BCUT2D eigenvalue weighted by Crippen LogP contribution is 2.70. The van der Waals surface area contributed by atoms with Gasteiger partial charge in [-0.15, -0.1) is 0 Å². The molecule has 3 unspecified atom stereocenters. The smallest absolute Gasteiger partial charge is 0.330 e. The van der Waals surface area contributed by atoms with E-state index in [1.54, 1.807) is 0 Å². The molecule has 6 nitrogen and oxygen atoms in total. The number of hydrogen-bond acceptors (Lipinski definition) is 6. The van der Waals surface area contributed by atoms with E-state index in [0.29, 0.717) is 19.3 Å². The van der Waals surface area contributed by atoms with Crippen LogP contribution < -0.4 is 0 Å². The van der Waals surface area contributed by atoms with E-state index in [0.717, 1.165) is 25.3 Å². The van der Waals surface area contributed by atoms with Gasteiger partial charge in [0, 0.05) is 6.08 Å². The lowest BCUT2D eigenvalue weighted by molar-refractivity contribution is -0.235. The molecule has 4 bridgehead atoms. The maximum absolute atomic E-state index is 12.9. The van der Waals surface area contributed by atoms with Crippen LogP contribution in [-0.4, -0.2) is 47.1 Å². The Morgan fingerprint density at radius 2 is 1.72 bits per heavy atom. The third-order valence-electron chi connectivity index (χ3n) is 6.05. The highest BCUT2D eigenvalue weighted by molar-refractivity contribution is 5.81. The number of aliphatic hydroxyl groups excluding tert-OH is 1. The van der Waals surface area contributed by atoms with Gasteiger partial charge in [-0.1, -0.05) is 20.4 Å². The molecule has 6 heteroatoms. The first kappa shape index (κ1) is 18.4. The fourth-order valence-electron chi connectivity index (χ4n) is 6.51. The molecule has 4 aliphatic carbocycles. The Hall–Kier alpha value is -1.40. The standard InChI is InChI=1S/C19H28O6/c1-4-14(21)25-13(5-20)6-24-15(22)18-8-16(2)7-17(3,9-18)11-19(23,10-16)12-18/h4,13,20,23H,1,5-12H2,2-3H3. The van der Waals surface area contributed by atoms with Gasteiger partial charge in [-0.05, 0) is 49.4 Å². The maximum Gasteiger partial charge on any atom is 0.330 e. The van der Waals surface area contributed by atoms with E-state index in [2.05, 4.69) is 20.4 Å². The van der Waals surface area contributed by atoms with Crippen LogP contribution in [0.5, 0.6) is 0 Å². The van der Waals surface area contributed by atoms with Gasteiger partial charge in [-0.3, -0.25) is 4.79 Å². The summed E-state index contributed by atoms with van der Waals surface area (Å²) >= 11 is 0. The van der Waals surface area contributed by atoms with E-state index in [-0.39, 0.29) is 23.4 Å². The predicted molar refractivity (Wildman–Crippen MR) is 89.4 cm³/mol. The van der Waals surface area contributed by atoms with Crippen molar-refractivity contribution in [3.8, 4) is 0 Å². The summed E-state index contributed by atoms with van der Waals surface area (Å²) in [6.45, 7) is 6.98. The van der Waals surface area contributed by atoms with Crippen LogP contribution in [0.1, 0.15) is 52.4 Å². The number of carbonyl (C=O) groups excluding carboxylic acids is 2. The van der Waals surface area contributed by atoms with Crippen LogP contribution in [0.2, 0.25) is 0 Å². The number of rotatable bonds is 6. The predicted octanol–water partition coefficient (Wildman–Crippen LogP) is 1.73. The number of hydrogen-bond donors (Lipinski definition) is 2. The second-order valence-electron chi connectivity index (χ2n) is 9.23.